The molecule has 2 atom stereocenters. The Morgan fingerprint density at radius 3 is 2.71 bits per heavy atom. The minimum atomic E-state index is -0.300. The van der Waals surface area contributed by atoms with E-state index in [1.54, 1.807) is 12.1 Å². The van der Waals surface area contributed by atoms with Crippen LogP contribution in [0.25, 0.3) is 0 Å². The number of nitrogens with zero attached hydrogens (tertiary/aromatic N) is 1. The summed E-state index contributed by atoms with van der Waals surface area (Å²) in [6.45, 7) is 4.99. The highest BCUT2D eigenvalue weighted by Gasteiger charge is 2.32. The lowest BCUT2D eigenvalue weighted by Gasteiger charge is -2.23. The van der Waals surface area contributed by atoms with Gasteiger partial charge in [-0.05, 0) is 50.6 Å². The summed E-state index contributed by atoms with van der Waals surface area (Å²) in [6.07, 6.45) is 0.716. The highest BCUT2D eigenvalue weighted by molar-refractivity contribution is 5.95. The van der Waals surface area contributed by atoms with Crippen LogP contribution in [0.1, 0.15) is 18.9 Å². The molecule has 1 heterocycles. The average Bonchev–Trinajstić information content (AvgIpc) is 2.90. The van der Waals surface area contributed by atoms with Crippen LogP contribution in [-0.2, 0) is 9.59 Å². The van der Waals surface area contributed by atoms with E-state index in [0.717, 1.165) is 11.3 Å². The molecule has 1 fully saturated rings. The van der Waals surface area contributed by atoms with E-state index in [0.29, 0.717) is 25.2 Å². The normalized spacial score (nSPS) is 20.2. The van der Waals surface area contributed by atoms with E-state index in [9.17, 15) is 9.59 Å². The summed E-state index contributed by atoms with van der Waals surface area (Å²) in [7, 11) is 0. The summed E-state index contributed by atoms with van der Waals surface area (Å²) in [6, 6.07) is 5.07. The van der Waals surface area contributed by atoms with E-state index in [1.807, 2.05) is 24.8 Å². The molecule has 0 bridgehead atoms. The number of nitrogens with one attached hydrogen (secondary N) is 1. The molecule has 21 heavy (non-hydrogen) atoms. The zero-order valence-corrected chi connectivity index (χ0v) is 12.4. The molecular formula is C15H22N4O2. The Balaban J connectivity index is 1.98. The Morgan fingerprint density at radius 2 is 2.14 bits per heavy atom. The Bertz CT molecular complexity index is 559. The number of carbonyl (C=O) groups excluding carboxylic acids is 2. The Kier molecular flexibility index (Phi) is 4.47. The molecule has 0 aromatic heterocycles. The second-order valence-corrected chi connectivity index (χ2v) is 5.62. The van der Waals surface area contributed by atoms with E-state index in [4.69, 9.17) is 11.5 Å². The molecule has 2 unspecified atom stereocenters. The van der Waals surface area contributed by atoms with Crippen LogP contribution >= 0.6 is 0 Å². The van der Waals surface area contributed by atoms with Crippen molar-refractivity contribution in [1.29, 1.82) is 0 Å². The maximum atomic E-state index is 12.3. The van der Waals surface area contributed by atoms with E-state index >= 15 is 0 Å². The number of nitrogen functional groups attached to an aromatic ring is 1. The SMILES string of the molecule is Cc1cc(N)ccc1NC(=O)C(C)N1CCC(C(N)=O)C1. The molecule has 1 saturated heterocycles. The summed E-state index contributed by atoms with van der Waals surface area (Å²) in [5.74, 6) is -0.536. The molecule has 114 valence electrons. The van der Waals surface area contributed by atoms with Gasteiger partial charge in [-0.3, -0.25) is 14.5 Å². The van der Waals surface area contributed by atoms with Crippen LogP contribution in [0.4, 0.5) is 11.4 Å². The molecule has 2 amide bonds. The van der Waals surface area contributed by atoms with Gasteiger partial charge in [-0.25, -0.2) is 0 Å². The molecule has 1 aliphatic rings. The summed E-state index contributed by atoms with van der Waals surface area (Å²) >= 11 is 0. The number of benzene rings is 1. The maximum absolute atomic E-state index is 12.3. The van der Waals surface area contributed by atoms with Gasteiger partial charge in [-0.15, -0.1) is 0 Å². The minimum Gasteiger partial charge on any atom is -0.399 e. The highest BCUT2D eigenvalue weighted by atomic mass is 16.2. The van der Waals surface area contributed by atoms with Gasteiger partial charge in [0.2, 0.25) is 11.8 Å². The largest absolute Gasteiger partial charge is 0.399 e. The quantitative estimate of drug-likeness (QED) is 0.711. The number of aryl methyl sites for hydroxylation is 1. The first-order valence-electron chi connectivity index (χ1n) is 7.09. The predicted octanol–water partition coefficient (Wildman–Crippen LogP) is 0.711. The van der Waals surface area contributed by atoms with Crippen molar-refractivity contribution in [3.8, 4) is 0 Å². The Labute approximate surface area is 124 Å². The van der Waals surface area contributed by atoms with Crippen LogP contribution in [0.3, 0.4) is 0 Å². The summed E-state index contributed by atoms with van der Waals surface area (Å²) in [4.78, 5) is 25.5. The molecule has 5 N–H and O–H groups in total. The van der Waals surface area contributed by atoms with E-state index in [1.165, 1.54) is 0 Å². The smallest absolute Gasteiger partial charge is 0.241 e. The second-order valence-electron chi connectivity index (χ2n) is 5.62. The van der Waals surface area contributed by atoms with Gasteiger partial charge in [-0.2, -0.15) is 0 Å². The average molecular weight is 290 g/mol. The van der Waals surface area contributed by atoms with Gasteiger partial charge in [-0.1, -0.05) is 0 Å². The van der Waals surface area contributed by atoms with Crippen LogP contribution in [0.2, 0.25) is 0 Å². The van der Waals surface area contributed by atoms with E-state index in [-0.39, 0.29) is 23.8 Å². The Morgan fingerprint density at radius 1 is 1.43 bits per heavy atom. The lowest BCUT2D eigenvalue weighted by molar-refractivity contribution is -0.123. The number of hydrogen-bond acceptors (Lipinski definition) is 4. The van der Waals surface area contributed by atoms with Gasteiger partial charge < -0.3 is 16.8 Å². The van der Waals surface area contributed by atoms with Crippen LogP contribution in [0.5, 0.6) is 0 Å². The topological polar surface area (TPSA) is 101 Å². The number of primary amides is 1. The van der Waals surface area contributed by atoms with E-state index in [2.05, 4.69) is 5.32 Å². The van der Waals surface area contributed by atoms with Crippen molar-refractivity contribution in [3.63, 3.8) is 0 Å². The first-order valence-corrected chi connectivity index (χ1v) is 7.09. The van der Waals surface area contributed by atoms with Crippen molar-refractivity contribution in [2.45, 2.75) is 26.3 Å². The van der Waals surface area contributed by atoms with Crippen LogP contribution in [-0.4, -0.2) is 35.8 Å². The summed E-state index contributed by atoms with van der Waals surface area (Å²) < 4.78 is 0. The number of anilines is 2. The van der Waals surface area contributed by atoms with Crippen molar-refractivity contribution in [1.82, 2.24) is 4.90 Å². The van der Waals surface area contributed by atoms with Crippen LogP contribution in [0.15, 0.2) is 18.2 Å². The van der Waals surface area contributed by atoms with Crippen molar-refractivity contribution in [2.75, 3.05) is 24.1 Å². The molecule has 6 nitrogen and oxygen atoms in total. The molecule has 0 aliphatic carbocycles. The fourth-order valence-electron chi connectivity index (χ4n) is 2.60. The third kappa shape index (κ3) is 3.52. The number of carbonyl (C=O) groups is 2. The molecule has 0 radical (unpaired) electrons. The van der Waals surface area contributed by atoms with Gasteiger partial charge in [0.15, 0.2) is 0 Å². The lowest BCUT2D eigenvalue weighted by atomic mass is 10.1. The molecule has 2 rings (SSSR count). The number of amides is 2. The fraction of sp³-hybridized carbons (Fsp3) is 0.467. The number of nitrogens with two attached hydrogens (primary N) is 2. The molecule has 1 aromatic rings. The second kappa shape index (κ2) is 6.13. The molecule has 1 aliphatic heterocycles. The van der Waals surface area contributed by atoms with Gasteiger partial charge in [0.25, 0.3) is 0 Å². The standard InChI is InChI=1S/C15H22N4O2/c1-9-7-12(16)3-4-13(9)18-15(21)10(2)19-6-5-11(8-19)14(17)20/h3-4,7,10-11H,5-6,8,16H2,1-2H3,(H2,17,20)(H,18,21). The highest BCUT2D eigenvalue weighted by Crippen LogP contribution is 2.21. The summed E-state index contributed by atoms with van der Waals surface area (Å²) in [5, 5.41) is 2.91. The maximum Gasteiger partial charge on any atom is 0.241 e. The van der Waals surface area contributed by atoms with Gasteiger partial charge >= 0.3 is 0 Å². The van der Waals surface area contributed by atoms with Gasteiger partial charge in [0.1, 0.15) is 0 Å². The zero-order chi connectivity index (χ0) is 15.6. The zero-order valence-electron chi connectivity index (χ0n) is 12.4. The third-order valence-corrected chi connectivity index (χ3v) is 4.06. The summed E-state index contributed by atoms with van der Waals surface area (Å²) in [5.41, 5.74) is 13.4. The minimum absolute atomic E-state index is 0.0898. The first-order chi connectivity index (χ1) is 9.88. The molecule has 0 saturated carbocycles. The van der Waals surface area contributed by atoms with Crippen molar-refractivity contribution >= 4 is 23.2 Å². The molecular weight excluding hydrogens is 268 g/mol. The molecule has 6 heteroatoms. The lowest BCUT2D eigenvalue weighted by Crippen LogP contribution is -2.41. The van der Waals surface area contributed by atoms with Gasteiger partial charge in [0, 0.05) is 17.9 Å². The fourth-order valence-corrected chi connectivity index (χ4v) is 2.60. The monoisotopic (exact) mass is 290 g/mol. The number of likely N-dealkylation sites (tertiary alicyclic amines) is 1. The van der Waals surface area contributed by atoms with Crippen molar-refractivity contribution in [2.24, 2.45) is 11.7 Å². The number of hydrogen-bond donors (Lipinski definition) is 3. The van der Waals surface area contributed by atoms with Crippen LogP contribution < -0.4 is 16.8 Å². The Hall–Kier alpha value is -2.08. The van der Waals surface area contributed by atoms with Gasteiger partial charge in [0.05, 0.1) is 12.0 Å². The number of rotatable bonds is 4. The third-order valence-electron chi connectivity index (χ3n) is 4.06. The van der Waals surface area contributed by atoms with Crippen molar-refractivity contribution < 1.29 is 9.59 Å². The van der Waals surface area contributed by atoms with Crippen LogP contribution in [0, 0.1) is 12.8 Å². The van der Waals surface area contributed by atoms with E-state index < -0.39 is 0 Å². The molecule has 1 aromatic carbocycles. The predicted molar refractivity (Wildman–Crippen MR) is 82.6 cm³/mol. The molecule has 0 spiro atoms. The van der Waals surface area contributed by atoms with Crippen molar-refractivity contribution in [3.05, 3.63) is 23.8 Å². The first kappa shape index (κ1) is 15.3.